The number of hydrogen-bond donors (Lipinski definition) is 0. The first kappa shape index (κ1) is 10.9. The quantitative estimate of drug-likeness (QED) is 0.792. The summed E-state index contributed by atoms with van der Waals surface area (Å²) in [7, 11) is 1.64. The van der Waals surface area contributed by atoms with E-state index in [1.54, 1.807) is 7.05 Å². The van der Waals surface area contributed by atoms with E-state index in [0.29, 0.717) is 10.2 Å². The number of halogens is 2. The minimum atomic E-state index is -0.538. The van der Waals surface area contributed by atoms with E-state index in [1.165, 1.54) is 17.1 Å². The second-order valence-electron chi connectivity index (χ2n) is 3.19. The van der Waals surface area contributed by atoms with Gasteiger partial charge in [0.1, 0.15) is 11.5 Å². The molecule has 2 aromatic heterocycles. The highest BCUT2D eigenvalue weighted by molar-refractivity contribution is 9.10. The molecule has 16 heavy (non-hydrogen) atoms. The van der Waals surface area contributed by atoms with E-state index in [0.717, 1.165) is 12.3 Å². The van der Waals surface area contributed by atoms with Crippen LogP contribution in [-0.2, 0) is 7.05 Å². The van der Waals surface area contributed by atoms with Gasteiger partial charge in [0.25, 0.3) is 0 Å². The van der Waals surface area contributed by atoms with Crippen LogP contribution in [0.25, 0.3) is 0 Å². The zero-order valence-electron chi connectivity index (χ0n) is 8.32. The Morgan fingerprint density at radius 1 is 1.44 bits per heavy atom. The number of nitrogens with zero attached hydrogens (tertiary/aromatic N) is 3. The van der Waals surface area contributed by atoms with Gasteiger partial charge in [0.2, 0.25) is 5.78 Å². The number of pyridine rings is 1. The van der Waals surface area contributed by atoms with Crippen molar-refractivity contribution >= 4 is 21.7 Å². The molecule has 2 aromatic rings. The van der Waals surface area contributed by atoms with Gasteiger partial charge in [-0.15, -0.1) is 0 Å². The van der Waals surface area contributed by atoms with Crippen molar-refractivity contribution in [3.05, 3.63) is 46.2 Å². The molecule has 2 rings (SSSR count). The van der Waals surface area contributed by atoms with E-state index in [4.69, 9.17) is 0 Å². The van der Waals surface area contributed by atoms with Crippen LogP contribution in [0.3, 0.4) is 0 Å². The molecule has 0 atom stereocenters. The van der Waals surface area contributed by atoms with Crippen molar-refractivity contribution in [3.63, 3.8) is 0 Å². The Labute approximate surface area is 99.2 Å². The van der Waals surface area contributed by atoms with Gasteiger partial charge >= 0.3 is 0 Å². The molecule has 0 aliphatic heterocycles. The summed E-state index contributed by atoms with van der Waals surface area (Å²) >= 11 is 3.22. The maximum absolute atomic E-state index is 12.9. The molecule has 0 bridgehead atoms. The van der Waals surface area contributed by atoms with Crippen molar-refractivity contribution in [1.29, 1.82) is 0 Å². The second kappa shape index (κ2) is 4.13. The van der Waals surface area contributed by atoms with Crippen LogP contribution in [0.2, 0.25) is 0 Å². The molecule has 0 radical (unpaired) electrons. The largest absolute Gasteiger partial charge is 0.287 e. The maximum Gasteiger partial charge on any atom is 0.213 e. The van der Waals surface area contributed by atoms with E-state index in [9.17, 15) is 9.18 Å². The van der Waals surface area contributed by atoms with Gasteiger partial charge in [-0.05, 0) is 22.0 Å². The minimum Gasteiger partial charge on any atom is -0.287 e. The third-order valence-corrected chi connectivity index (χ3v) is 2.66. The van der Waals surface area contributed by atoms with Gasteiger partial charge in [0.15, 0.2) is 0 Å². The lowest BCUT2D eigenvalue weighted by Gasteiger charge is -2.02. The number of rotatable bonds is 2. The summed E-state index contributed by atoms with van der Waals surface area (Å²) < 4.78 is 14.9. The molecule has 0 saturated heterocycles. The van der Waals surface area contributed by atoms with Gasteiger partial charge < -0.3 is 0 Å². The predicted molar refractivity (Wildman–Crippen MR) is 58.5 cm³/mol. The highest BCUT2D eigenvalue weighted by atomic mass is 79.9. The Balaban J connectivity index is 2.47. The monoisotopic (exact) mass is 283 g/mol. The van der Waals surface area contributed by atoms with E-state index >= 15 is 0 Å². The molecular formula is C10H7BrFN3O. The molecule has 0 spiro atoms. The van der Waals surface area contributed by atoms with Crippen molar-refractivity contribution in [2.75, 3.05) is 0 Å². The van der Waals surface area contributed by atoms with E-state index < -0.39 is 5.82 Å². The number of ketones is 1. The first-order valence-corrected chi connectivity index (χ1v) is 5.21. The molecule has 4 nitrogen and oxygen atoms in total. The van der Waals surface area contributed by atoms with Crippen LogP contribution in [0.5, 0.6) is 0 Å². The van der Waals surface area contributed by atoms with E-state index in [1.807, 2.05) is 0 Å². The maximum atomic E-state index is 12.9. The molecule has 0 N–H and O–H groups in total. The minimum absolute atomic E-state index is 0.198. The Hall–Kier alpha value is -1.56. The molecule has 6 heteroatoms. The standard InChI is InChI=1S/C10H7BrFN3O/c1-15-9(8(11)5-14-15)10(16)6-2-7(12)4-13-3-6/h2-5H,1H3. The first-order chi connectivity index (χ1) is 7.59. The summed E-state index contributed by atoms with van der Waals surface area (Å²) in [6, 6.07) is 1.15. The lowest BCUT2D eigenvalue weighted by atomic mass is 10.1. The SMILES string of the molecule is Cn1ncc(Br)c1C(=O)c1cncc(F)c1. The Kier molecular flexibility index (Phi) is 2.82. The summed E-state index contributed by atoms with van der Waals surface area (Å²) in [6.45, 7) is 0. The predicted octanol–water partition coefficient (Wildman–Crippen LogP) is 1.95. The van der Waals surface area contributed by atoms with Gasteiger partial charge in [-0.1, -0.05) is 0 Å². The van der Waals surface area contributed by atoms with Crippen LogP contribution in [0.15, 0.2) is 29.1 Å². The summed E-state index contributed by atoms with van der Waals surface area (Å²) in [5.41, 5.74) is 0.566. The third kappa shape index (κ3) is 1.88. The fraction of sp³-hybridized carbons (Fsp3) is 0.100. The van der Waals surface area contributed by atoms with E-state index in [-0.39, 0.29) is 11.3 Å². The molecule has 0 aliphatic carbocycles. The van der Waals surface area contributed by atoms with Gasteiger partial charge in [-0.25, -0.2) is 4.39 Å². The van der Waals surface area contributed by atoms with Gasteiger partial charge in [-0.3, -0.25) is 14.5 Å². The zero-order valence-corrected chi connectivity index (χ0v) is 9.90. The molecule has 0 aliphatic rings. The number of aromatic nitrogens is 3. The molecule has 0 aromatic carbocycles. The van der Waals surface area contributed by atoms with Crippen molar-refractivity contribution in [2.45, 2.75) is 0 Å². The smallest absolute Gasteiger partial charge is 0.213 e. The third-order valence-electron chi connectivity index (χ3n) is 2.08. The highest BCUT2D eigenvalue weighted by Crippen LogP contribution is 2.18. The van der Waals surface area contributed by atoms with E-state index in [2.05, 4.69) is 26.0 Å². The Morgan fingerprint density at radius 2 is 2.19 bits per heavy atom. The topological polar surface area (TPSA) is 47.8 Å². The average Bonchev–Trinajstić information content (AvgIpc) is 2.58. The van der Waals surface area contributed by atoms with Crippen molar-refractivity contribution in [2.24, 2.45) is 7.05 Å². The van der Waals surface area contributed by atoms with Crippen LogP contribution in [0, 0.1) is 5.82 Å². The average molecular weight is 284 g/mol. The van der Waals surface area contributed by atoms with Crippen LogP contribution in [0.4, 0.5) is 4.39 Å². The van der Waals surface area contributed by atoms with Crippen LogP contribution in [0.1, 0.15) is 16.1 Å². The molecule has 0 unspecified atom stereocenters. The first-order valence-electron chi connectivity index (χ1n) is 4.42. The molecule has 0 fully saturated rings. The van der Waals surface area contributed by atoms with Crippen LogP contribution < -0.4 is 0 Å². The number of carbonyl (C=O) groups excluding carboxylic acids is 1. The molecular weight excluding hydrogens is 277 g/mol. The zero-order chi connectivity index (χ0) is 11.7. The number of carbonyl (C=O) groups is 1. The molecule has 0 amide bonds. The van der Waals surface area contributed by atoms with Crippen molar-refractivity contribution in [1.82, 2.24) is 14.8 Å². The Bertz CT molecular complexity index is 533. The van der Waals surface area contributed by atoms with Crippen LogP contribution >= 0.6 is 15.9 Å². The lowest BCUT2D eigenvalue weighted by molar-refractivity contribution is 0.102. The summed E-state index contributed by atoms with van der Waals surface area (Å²) in [6.07, 6.45) is 3.89. The van der Waals surface area contributed by atoms with Gasteiger partial charge in [0.05, 0.1) is 16.9 Å². The molecule has 0 saturated carbocycles. The normalized spacial score (nSPS) is 10.4. The van der Waals surface area contributed by atoms with Crippen LogP contribution in [-0.4, -0.2) is 20.5 Å². The molecule has 82 valence electrons. The fourth-order valence-corrected chi connectivity index (χ4v) is 1.87. The van der Waals surface area contributed by atoms with Gasteiger partial charge in [-0.2, -0.15) is 5.10 Å². The summed E-state index contributed by atoms with van der Waals surface area (Å²) in [4.78, 5) is 15.6. The fourth-order valence-electron chi connectivity index (χ4n) is 1.34. The van der Waals surface area contributed by atoms with Gasteiger partial charge in [0, 0.05) is 18.8 Å². The summed E-state index contributed by atoms with van der Waals surface area (Å²) in [5, 5.41) is 3.92. The molecule has 2 heterocycles. The lowest BCUT2D eigenvalue weighted by Crippen LogP contribution is -2.09. The highest BCUT2D eigenvalue weighted by Gasteiger charge is 2.17. The number of hydrogen-bond acceptors (Lipinski definition) is 3. The second-order valence-corrected chi connectivity index (χ2v) is 4.04. The summed E-state index contributed by atoms with van der Waals surface area (Å²) in [5.74, 6) is -0.858. The van der Waals surface area contributed by atoms with Crippen molar-refractivity contribution < 1.29 is 9.18 Å². The Morgan fingerprint density at radius 3 is 2.75 bits per heavy atom. The van der Waals surface area contributed by atoms with Crippen molar-refractivity contribution in [3.8, 4) is 0 Å². The number of aryl methyl sites for hydroxylation is 1.